The molecule has 3 atom stereocenters. The van der Waals surface area contributed by atoms with E-state index in [4.69, 9.17) is 24.1 Å². The van der Waals surface area contributed by atoms with Crippen LogP contribution >= 0.6 is 0 Å². The van der Waals surface area contributed by atoms with Crippen molar-refractivity contribution < 1.29 is 28.8 Å². The third-order valence-corrected chi connectivity index (χ3v) is 10.0. The number of aliphatic hydroxyl groups is 1. The van der Waals surface area contributed by atoms with Crippen LogP contribution < -0.4 is 0 Å². The van der Waals surface area contributed by atoms with Gasteiger partial charge in [-0.1, -0.05) is 48.9 Å². The van der Waals surface area contributed by atoms with Crippen LogP contribution in [0.5, 0.6) is 0 Å². The zero-order chi connectivity index (χ0) is 31.0. The highest BCUT2D eigenvalue weighted by molar-refractivity contribution is 5.92. The van der Waals surface area contributed by atoms with Crippen LogP contribution in [0.3, 0.4) is 0 Å². The molecule has 0 unspecified atom stereocenters. The Morgan fingerprint density at radius 1 is 0.911 bits per heavy atom. The van der Waals surface area contributed by atoms with E-state index in [0.29, 0.717) is 51.3 Å². The summed E-state index contributed by atoms with van der Waals surface area (Å²) in [7, 11) is 0. The second kappa shape index (κ2) is 15.7. The lowest BCUT2D eigenvalue weighted by Crippen LogP contribution is -2.49. The van der Waals surface area contributed by atoms with Crippen LogP contribution in [0.2, 0.25) is 0 Å². The number of fused-ring (bicyclic) bond motifs is 3. The summed E-state index contributed by atoms with van der Waals surface area (Å²) >= 11 is 0. The Morgan fingerprint density at radius 3 is 2.44 bits per heavy atom. The molecule has 45 heavy (non-hydrogen) atoms. The number of hydrogen-bond donors (Lipinski definition) is 1. The molecule has 0 spiro atoms. The Labute approximate surface area is 268 Å². The number of nitrogens with zero attached hydrogens (tertiary/aromatic N) is 2. The van der Waals surface area contributed by atoms with E-state index in [9.17, 15) is 4.79 Å². The molecule has 0 aromatic heterocycles. The molecule has 0 radical (unpaired) electrons. The van der Waals surface area contributed by atoms with Crippen LogP contribution in [0.15, 0.2) is 54.3 Å². The molecule has 8 nitrogen and oxygen atoms in total. The second-order valence-corrected chi connectivity index (χ2v) is 12.7. The van der Waals surface area contributed by atoms with Crippen LogP contribution in [0, 0.1) is 5.92 Å². The van der Waals surface area contributed by atoms with Crippen molar-refractivity contribution >= 4 is 5.91 Å². The minimum atomic E-state index is -0.552. The predicted molar refractivity (Wildman–Crippen MR) is 174 cm³/mol. The maximum Gasteiger partial charge on any atom is 0.288 e. The normalized spacial score (nSPS) is 23.7. The fraction of sp³-hybridized carbons (Fsp3) is 0.595. The lowest BCUT2D eigenvalue weighted by atomic mass is 9.78. The standard InChI is InChI=1S/C37H50N2O6/c1-2-44-37-32(15-21-42-23-24-43-22-20-40)34(31-12-8-11-30-29-10-5-4-9-27(29)25-33(30)31)26-35(45-37)36(41)39-18-13-28(14-19-39)38-16-6-3-7-17-38/h4-5,8-12,26,28,32,34,37,40H,2-3,6-7,13-25H2,1H3/t32-,34-,37-/m1/s1. The molecular weight excluding hydrogens is 568 g/mol. The van der Waals surface area contributed by atoms with Crippen molar-refractivity contribution in [1.29, 1.82) is 0 Å². The lowest BCUT2D eigenvalue weighted by molar-refractivity contribution is -0.172. The van der Waals surface area contributed by atoms with Gasteiger partial charge in [0.1, 0.15) is 0 Å². The fourth-order valence-electron chi connectivity index (χ4n) is 7.76. The van der Waals surface area contributed by atoms with Gasteiger partial charge in [-0.2, -0.15) is 0 Å². The van der Waals surface area contributed by atoms with E-state index in [1.807, 2.05) is 11.8 Å². The largest absolute Gasteiger partial charge is 0.459 e. The monoisotopic (exact) mass is 618 g/mol. The zero-order valence-corrected chi connectivity index (χ0v) is 26.8. The molecule has 1 N–H and O–H groups in total. The van der Waals surface area contributed by atoms with Gasteiger partial charge in [-0.3, -0.25) is 4.79 Å². The number of hydrogen-bond acceptors (Lipinski definition) is 7. The second-order valence-electron chi connectivity index (χ2n) is 12.7. The average molecular weight is 619 g/mol. The van der Waals surface area contributed by atoms with Crippen LogP contribution in [-0.2, 0) is 30.2 Å². The summed E-state index contributed by atoms with van der Waals surface area (Å²) < 4.78 is 24.0. The minimum absolute atomic E-state index is 0.00619. The van der Waals surface area contributed by atoms with Gasteiger partial charge in [0.2, 0.25) is 6.29 Å². The van der Waals surface area contributed by atoms with Crippen molar-refractivity contribution in [3.05, 3.63) is 71.0 Å². The number of rotatable bonds is 13. The number of piperidine rings is 2. The lowest BCUT2D eigenvalue weighted by Gasteiger charge is -2.42. The third kappa shape index (κ3) is 7.47. The molecule has 2 aromatic rings. The van der Waals surface area contributed by atoms with Crippen LogP contribution in [0.4, 0.5) is 0 Å². The number of carbonyl (C=O) groups is 1. The summed E-state index contributed by atoms with van der Waals surface area (Å²) in [6.07, 6.45) is 9.08. The van der Waals surface area contributed by atoms with E-state index >= 15 is 0 Å². The summed E-state index contributed by atoms with van der Waals surface area (Å²) in [6.45, 7) is 8.11. The number of aliphatic hydroxyl groups excluding tert-OH is 1. The first-order chi connectivity index (χ1) is 22.2. The maximum atomic E-state index is 14.1. The first kappa shape index (κ1) is 32.2. The number of ether oxygens (including phenoxy) is 4. The molecule has 2 fully saturated rings. The number of likely N-dealkylation sites (tertiary alicyclic amines) is 2. The first-order valence-electron chi connectivity index (χ1n) is 17.2. The number of amides is 1. The quantitative estimate of drug-likeness (QED) is 0.266. The van der Waals surface area contributed by atoms with Crippen LogP contribution in [0.25, 0.3) is 11.1 Å². The van der Waals surface area contributed by atoms with Crippen molar-refractivity contribution in [2.45, 2.75) is 70.1 Å². The summed E-state index contributed by atoms with van der Waals surface area (Å²) in [4.78, 5) is 18.7. The Morgan fingerprint density at radius 2 is 1.67 bits per heavy atom. The Balaban J connectivity index is 1.24. The molecule has 6 rings (SSSR count). The molecule has 1 aliphatic carbocycles. The summed E-state index contributed by atoms with van der Waals surface area (Å²) in [6, 6.07) is 15.8. The summed E-state index contributed by atoms with van der Waals surface area (Å²) in [5, 5.41) is 8.96. The maximum absolute atomic E-state index is 14.1. The first-order valence-corrected chi connectivity index (χ1v) is 17.2. The van der Waals surface area contributed by atoms with E-state index in [1.165, 1.54) is 60.2 Å². The molecule has 244 valence electrons. The molecule has 1 amide bonds. The smallest absolute Gasteiger partial charge is 0.288 e. The van der Waals surface area contributed by atoms with Gasteiger partial charge < -0.3 is 33.9 Å². The van der Waals surface area contributed by atoms with E-state index in [0.717, 1.165) is 32.4 Å². The highest BCUT2D eigenvalue weighted by atomic mass is 16.7. The molecule has 2 aromatic carbocycles. The molecule has 4 aliphatic rings. The SMILES string of the molecule is CCO[C@@H]1OC(C(=O)N2CCC(N3CCCCC3)CC2)=C[C@H](c2cccc3c2Cc2ccccc2-3)[C@H]1CCOCCOCCO. The zero-order valence-electron chi connectivity index (χ0n) is 26.8. The van der Waals surface area contributed by atoms with Gasteiger partial charge in [0.05, 0.1) is 26.4 Å². The van der Waals surface area contributed by atoms with Crippen molar-refractivity contribution in [1.82, 2.24) is 9.80 Å². The number of carbonyl (C=O) groups excluding carboxylic acids is 1. The van der Waals surface area contributed by atoms with Crippen LogP contribution in [-0.4, -0.2) is 99.0 Å². The Hall–Kier alpha value is -2.75. The molecule has 0 saturated carbocycles. The van der Waals surface area contributed by atoms with Gasteiger partial charge in [-0.25, -0.2) is 0 Å². The van der Waals surface area contributed by atoms with Gasteiger partial charge in [-0.05, 0) is 92.4 Å². The van der Waals surface area contributed by atoms with Crippen molar-refractivity contribution in [3.63, 3.8) is 0 Å². The van der Waals surface area contributed by atoms with E-state index in [2.05, 4.69) is 53.4 Å². The van der Waals surface area contributed by atoms with E-state index in [-0.39, 0.29) is 24.3 Å². The van der Waals surface area contributed by atoms with Crippen molar-refractivity contribution in [2.75, 3.05) is 65.8 Å². The van der Waals surface area contributed by atoms with Gasteiger partial charge in [0, 0.05) is 44.2 Å². The predicted octanol–water partition coefficient (Wildman–Crippen LogP) is 5.13. The van der Waals surface area contributed by atoms with E-state index < -0.39 is 6.29 Å². The summed E-state index contributed by atoms with van der Waals surface area (Å²) in [5.41, 5.74) is 6.48. The van der Waals surface area contributed by atoms with Gasteiger partial charge >= 0.3 is 0 Å². The minimum Gasteiger partial charge on any atom is -0.459 e. The van der Waals surface area contributed by atoms with Crippen LogP contribution in [0.1, 0.15) is 68.1 Å². The van der Waals surface area contributed by atoms with Gasteiger partial charge in [0.15, 0.2) is 5.76 Å². The Kier molecular flexibility index (Phi) is 11.2. The third-order valence-electron chi connectivity index (χ3n) is 10.0. The summed E-state index contributed by atoms with van der Waals surface area (Å²) in [5.74, 6) is 0.310. The molecule has 3 heterocycles. The molecular formula is C37H50N2O6. The highest BCUT2D eigenvalue weighted by Crippen LogP contribution is 2.46. The van der Waals surface area contributed by atoms with Crippen molar-refractivity contribution in [3.8, 4) is 11.1 Å². The number of benzene rings is 2. The fourth-order valence-corrected chi connectivity index (χ4v) is 7.76. The van der Waals surface area contributed by atoms with Crippen molar-refractivity contribution in [2.24, 2.45) is 5.92 Å². The molecule has 2 saturated heterocycles. The Bertz CT molecular complexity index is 1300. The average Bonchev–Trinajstić information content (AvgIpc) is 3.47. The molecule has 0 bridgehead atoms. The van der Waals surface area contributed by atoms with E-state index in [1.54, 1.807) is 0 Å². The van der Waals surface area contributed by atoms with Gasteiger partial charge in [-0.15, -0.1) is 0 Å². The van der Waals surface area contributed by atoms with Gasteiger partial charge in [0.25, 0.3) is 5.91 Å². The highest BCUT2D eigenvalue weighted by Gasteiger charge is 2.41. The number of allylic oxidation sites excluding steroid dienone is 1. The topological polar surface area (TPSA) is 80.7 Å². The molecule has 3 aliphatic heterocycles. The molecule has 8 heteroatoms.